The number of halogens is 1. The maximum atomic E-state index is 10.9. The molecule has 88 valence electrons. The van der Waals surface area contributed by atoms with Crippen LogP contribution in [0.5, 0.6) is 0 Å². The van der Waals surface area contributed by atoms with E-state index in [4.69, 9.17) is 10.3 Å². The molecule has 0 atom stereocenters. The minimum atomic E-state index is -0.644. The lowest BCUT2D eigenvalue weighted by Gasteiger charge is -2.02. The molecule has 0 radical (unpaired) electrons. The van der Waals surface area contributed by atoms with E-state index in [1.165, 1.54) is 0 Å². The quantitative estimate of drug-likeness (QED) is 0.894. The van der Waals surface area contributed by atoms with Crippen molar-refractivity contribution in [2.24, 2.45) is 5.73 Å². The lowest BCUT2D eigenvalue weighted by atomic mass is 10.1. The monoisotopic (exact) mass is 295 g/mol. The van der Waals surface area contributed by atoms with Crippen molar-refractivity contribution in [1.82, 2.24) is 5.16 Å². The van der Waals surface area contributed by atoms with Gasteiger partial charge < -0.3 is 15.6 Å². The number of amides is 2. The van der Waals surface area contributed by atoms with Crippen LogP contribution in [0.4, 0.5) is 10.5 Å². The number of nitrogens with one attached hydrogen (secondary N) is 1. The van der Waals surface area contributed by atoms with Gasteiger partial charge in [-0.15, -0.1) is 0 Å². The van der Waals surface area contributed by atoms with Gasteiger partial charge in [-0.3, -0.25) is 0 Å². The molecule has 17 heavy (non-hydrogen) atoms. The summed E-state index contributed by atoms with van der Waals surface area (Å²) in [6.07, 6.45) is 0. The maximum absolute atomic E-state index is 10.9. The van der Waals surface area contributed by atoms with E-state index < -0.39 is 6.03 Å². The van der Waals surface area contributed by atoms with Crippen LogP contribution >= 0.6 is 15.9 Å². The van der Waals surface area contributed by atoms with E-state index in [1.807, 2.05) is 24.3 Å². The van der Waals surface area contributed by atoms with Crippen molar-refractivity contribution in [2.75, 3.05) is 5.32 Å². The molecular formula is C11H10BrN3O2. The second-order valence-corrected chi connectivity index (χ2v) is 4.38. The van der Waals surface area contributed by atoms with Crippen molar-refractivity contribution in [1.29, 1.82) is 0 Å². The molecule has 0 saturated carbocycles. The van der Waals surface area contributed by atoms with Crippen LogP contribution in [0.15, 0.2) is 33.3 Å². The van der Waals surface area contributed by atoms with Gasteiger partial charge in [0.25, 0.3) is 0 Å². The Balaban J connectivity index is 2.45. The van der Waals surface area contributed by atoms with Gasteiger partial charge in [-0.25, -0.2) is 4.79 Å². The Morgan fingerprint density at radius 3 is 2.65 bits per heavy atom. The molecule has 2 aromatic rings. The first-order chi connectivity index (χ1) is 8.08. The molecule has 0 spiro atoms. The highest BCUT2D eigenvalue weighted by molar-refractivity contribution is 9.10. The average molecular weight is 296 g/mol. The number of hydrogen-bond acceptors (Lipinski definition) is 3. The lowest BCUT2D eigenvalue weighted by molar-refractivity contribution is 0.259. The number of primary amides is 1. The summed E-state index contributed by atoms with van der Waals surface area (Å²) in [5.74, 6) is 0.494. The molecule has 0 unspecified atom stereocenters. The van der Waals surface area contributed by atoms with Crippen LogP contribution < -0.4 is 11.1 Å². The number of nitrogens with two attached hydrogens (primary N) is 1. The molecule has 2 rings (SSSR count). The third kappa shape index (κ3) is 2.47. The smallest absolute Gasteiger partial charge is 0.316 e. The predicted octanol–water partition coefficient (Wildman–Crippen LogP) is 2.90. The van der Waals surface area contributed by atoms with Crippen molar-refractivity contribution >= 4 is 27.6 Å². The highest BCUT2D eigenvalue weighted by atomic mass is 79.9. The fourth-order valence-electron chi connectivity index (χ4n) is 1.44. The van der Waals surface area contributed by atoms with E-state index in [0.29, 0.717) is 17.1 Å². The molecule has 0 aliphatic heterocycles. The summed E-state index contributed by atoms with van der Waals surface area (Å²) >= 11 is 3.35. The Kier molecular flexibility index (Phi) is 3.14. The van der Waals surface area contributed by atoms with Gasteiger partial charge in [0.15, 0.2) is 5.76 Å². The van der Waals surface area contributed by atoms with Gasteiger partial charge >= 0.3 is 6.03 Å². The molecule has 0 bridgehead atoms. The van der Waals surface area contributed by atoms with Crippen molar-refractivity contribution in [3.63, 3.8) is 0 Å². The Morgan fingerprint density at radius 2 is 2.06 bits per heavy atom. The van der Waals surface area contributed by atoms with E-state index >= 15 is 0 Å². The third-order valence-corrected chi connectivity index (χ3v) is 2.75. The standard InChI is InChI=1S/C11H10BrN3O2/c1-6-9(14-11(13)16)10(17-15-6)7-2-4-8(12)5-3-7/h2-5H,1H3,(H3,13,14,16). The molecule has 2 amide bonds. The lowest BCUT2D eigenvalue weighted by Crippen LogP contribution is -2.19. The Bertz CT molecular complexity index is 548. The van der Waals surface area contributed by atoms with Crippen LogP contribution in [0, 0.1) is 6.92 Å². The van der Waals surface area contributed by atoms with Gasteiger partial charge in [0.05, 0.1) is 0 Å². The number of anilines is 1. The summed E-state index contributed by atoms with van der Waals surface area (Å²) in [6.45, 7) is 1.73. The normalized spacial score (nSPS) is 10.2. The topological polar surface area (TPSA) is 81.2 Å². The molecule has 0 aliphatic carbocycles. The number of benzene rings is 1. The number of carbonyl (C=O) groups is 1. The van der Waals surface area contributed by atoms with Gasteiger partial charge in [-0.1, -0.05) is 21.1 Å². The van der Waals surface area contributed by atoms with Gasteiger partial charge in [0, 0.05) is 10.0 Å². The molecule has 1 heterocycles. The summed E-state index contributed by atoms with van der Waals surface area (Å²) in [5.41, 5.74) is 7.00. The zero-order chi connectivity index (χ0) is 12.4. The van der Waals surface area contributed by atoms with Crippen molar-refractivity contribution in [3.8, 4) is 11.3 Å². The van der Waals surface area contributed by atoms with Gasteiger partial charge in [-0.2, -0.15) is 0 Å². The summed E-state index contributed by atoms with van der Waals surface area (Å²) in [5, 5.41) is 6.32. The largest absolute Gasteiger partial charge is 0.354 e. The number of rotatable bonds is 2. The van der Waals surface area contributed by atoms with E-state index in [0.717, 1.165) is 10.0 Å². The zero-order valence-electron chi connectivity index (χ0n) is 9.03. The van der Waals surface area contributed by atoms with Crippen LogP contribution in [-0.2, 0) is 0 Å². The molecule has 3 N–H and O–H groups in total. The molecule has 6 heteroatoms. The first-order valence-corrected chi connectivity index (χ1v) is 5.66. The summed E-state index contributed by atoms with van der Waals surface area (Å²) in [4.78, 5) is 10.9. The number of nitrogens with zero attached hydrogens (tertiary/aromatic N) is 1. The summed E-state index contributed by atoms with van der Waals surface area (Å²) in [6, 6.07) is 6.82. The first kappa shape index (κ1) is 11.7. The van der Waals surface area contributed by atoms with E-state index in [-0.39, 0.29) is 0 Å². The van der Waals surface area contributed by atoms with Gasteiger partial charge in [0.2, 0.25) is 0 Å². The number of aryl methyl sites for hydroxylation is 1. The van der Waals surface area contributed by atoms with Crippen LogP contribution in [0.2, 0.25) is 0 Å². The second kappa shape index (κ2) is 4.58. The zero-order valence-corrected chi connectivity index (χ0v) is 10.6. The molecule has 0 aliphatic rings. The molecular weight excluding hydrogens is 286 g/mol. The SMILES string of the molecule is Cc1noc(-c2ccc(Br)cc2)c1NC(N)=O. The molecule has 0 fully saturated rings. The number of carbonyl (C=O) groups excluding carboxylic acids is 1. The number of aromatic nitrogens is 1. The van der Waals surface area contributed by atoms with E-state index in [2.05, 4.69) is 26.4 Å². The van der Waals surface area contributed by atoms with Crippen molar-refractivity contribution in [2.45, 2.75) is 6.92 Å². The first-order valence-electron chi connectivity index (χ1n) is 4.86. The average Bonchev–Trinajstić information content (AvgIpc) is 2.61. The molecule has 1 aromatic heterocycles. The Hall–Kier alpha value is -1.82. The van der Waals surface area contributed by atoms with Gasteiger partial charge in [0.1, 0.15) is 11.4 Å². The van der Waals surface area contributed by atoms with E-state index in [9.17, 15) is 4.79 Å². The van der Waals surface area contributed by atoms with Crippen molar-refractivity contribution in [3.05, 3.63) is 34.4 Å². The summed E-state index contributed by atoms with van der Waals surface area (Å²) < 4.78 is 6.15. The van der Waals surface area contributed by atoms with E-state index in [1.54, 1.807) is 6.92 Å². The third-order valence-electron chi connectivity index (χ3n) is 2.22. The maximum Gasteiger partial charge on any atom is 0.316 e. The molecule has 1 aromatic carbocycles. The number of hydrogen-bond donors (Lipinski definition) is 2. The highest BCUT2D eigenvalue weighted by Gasteiger charge is 2.15. The highest BCUT2D eigenvalue weighted by Crippen LogP contribution is 2.31. The van der Waals surface area contributed by atoms with Crippen LogP contribution in [0.25, 0.3) is 11.3 Å². The second-order valence-electron chi connectivity index (χ2n) is 3.47. The fraction of sp³-hybridized carbons (Fsp3) is 0.0909. The Labute approximate surface area is 106 Å². The van der Waals surface area contributed by atoms with Crippen LogP contribution in [0.3, 0.4) is 0 Å². The van der Waals surface area contributed by atoms with Crippen LogP contribution in [-0.4, -0.2) is 11.2 Å². The van der Waals surface area contributed by atoms with Crippen molar-refractivity contribution < 1.29 is 9.32 Å². The predicted molar refractivity (Wildman–Crippen MR) is 67.6 cm³/mol. The fourth-order valence-corrected chi connectivity index (χ4v) is 1.70. The Morgan fingerprint density at radius 1 is 1.41 bits per heavy atom. The summed E-state index contributed by atoms with van der Waals surface area (Å²) in [7, 11) is 0. The van der Waals surface area contributed by atoms with Crippen LogP contribution in [0.1, 0.15) is 5.69 Å². The van der Waals surface area contributed by atoms with Gasteiger partial charge in [-0.05, 0) is 31.2 Å². The minimum absolute atomic E-state index is 0.494. The molecule has 0 saturated heterocycles. The molecule has 5 nitrogen and oxygen atoms in total. The minimum Gasteiger partial charge on any atom is -0.354 e. The number of urea groups is 1.